The smallest absolute Gasteiger partial charge is 0.0349 e. The molecule has 0 radical (unpaired) electrons. The van der Waals surface area contributed by atoms with E-state index in [9.17, 15) is 0 Å². The predicted molar refractivity (Wildman–Crippen MR) is 50.8 cm³/mol. The Morgan fingerprint density at radius 1 is 1.55 bits per heavy atom. The van der Waals surface area contributed by atoms with Gasteiger partial charge in [-0.15, -0.1) is 6.58 Å². The van der Waals surface area contributed by atoms with Crippen LogP contribution in [0, 0.1) is 0 Å². The van der Waals surface area contributed by atoms with Crippen molar-refractivity contribution < 1.29 is 0 Å². The Kier molecular flexibility index (Phi) is 5.53. The molecule has 11 heavy (non-hydrogen) atoms. The lowest BCUT2D eigenvalue weighted by Crippen LogP contribution is -2.06. The van der Waals surface area contributed by atoms with Crippen LogP contribution in [0.2, 0.25) is 0 Å². The monoisotopic (exact) mass is 154 g/mol. The van der Waals surface area contributed by atoms with Crippen LogP contribution in [0.15, 0.2) is 17.8 Å². The molecule has 0 spiro atoms. The van der Waals surface area contributed by atoms with E-state index in [0.29, 0.717) is 0 Å². The predicted octanol–water partition coefficient (Wildman–Crippen LogP) is 2.28. The number of hydrogen-bond donors (Lipinski definition) is 0. The van der Waals surface area contributed by atoms with Crippen molar-refractivity contribution in [2.75, 3.05) is 14.1 Å². The fourth-order valence-electron chi connectivity index (χ4n) is 0.894. The molecule has 0 aromatic rings. The van der Waals surface area contributed by atoms with Crippen LogP contribution in [0.3, 0.4) is 0 Å². The molecule has 0 heterocycles. The van der Waals surface area contributed by atoms with Gasteiger partial charge in [-0.05, 0) is 26.2 Å². The molecule has 0 amide bonds. The van der Waals surface area contributed by atoms with E-state index in [1.165, 1.54) is 5.71 Å². The third-order valence-corrected chi connectivity index (χ3v) is 1.32. The normalized spacial score (nSPS) is 11.4. The lowest BCUT2D eigenvalue weighted by Gasteiger charge is -2.06. The third-order valence-electron chi connectivity index (χ3n) is 1.32. The van der Waals surface area contributed by atoms with E-state index in [2.05, 4.69) is 18.6 Å². The molecule has 0 aliphatic carbocycles. The minimum absolute atomic E-state index is 1.07. The Morgan fingerprint density at radius 3 is 2.64 bits per heavy atom. The third kappa shape index (κ3) is 7.10. The molecule has 0 fully saturated rings. The highest BCUT2D eigenvalue weighted by atomic mass is 15.4. The lowest BCUT2D eigenvalue weighted by molar-refractivity contribution is 0.435. The van der Waals surface area contributed by atoms with Crippen molar-refractivity contribution in [2.45, 2.75) is 26.2 Å². The summed E-state index contributed by atoms with van der Waals surface area (Å²) in [6, 6.07) is 0. The van der Waals surface area contributed by atoms with Crippen molar-refractivity contribution in [1.82, 2.24) is 5.01 Å². The Bertz CT molecular complexity index is 136. The Balaban J connectivity index is 3.50. The molecule has 0 saturated carbocycles. The fraction of sp³-hybridized carbons (Fsp3) is 0.667. The zero-order chi connectivity index (χ0) is 8.69. The molecule has 0 bridgehead atoms. The first-order chi connectivity index (χ1) is 5.16. The maximum Gasteiger partial charge on any atom is 0.0349 e. The number of allylic oxidation sites excluding steroid dienone is 1. The van der Waals surface area contributed by atoms with Gasteiger partial charge in [-0.3, -0.25) is 0 Å². The van der Waals surface area contributed by atoms with Crippen molar-refractivity contribution in [2.24, 2.45) is 5.10 Å². The SMILES string of the molecule is C=CCCCC(C)=NN(C)C. The number of hydrazone groups is 1. The van der Waals surface area contributed by atoms with Crippen LogP contribution in [0.5, 0.6) is 0 Å². The van der Waals surface area contributed by atoms with Crippen LogP contribution in [0.25, 0.3) is 0 Å². The molecule has 2 nitrogen and oxygen atoms in total. The average Bonchev–Trinajstić information content (AvgIpc) is 1.86. The summed E-state index contributed by atoms with van der Waals surface area (Å²) in [6.45, 7) is 5.73. The van der Waals surface area contributed by atoms with Crippen LogP contribution in [0.1, 0.15) is 26.2 Å². The van der Waals surface area contributed by atoms with Gasteiger partial charge in [-0.2, -0.15) is 5.10 Å². The molecule has 0 rings (SSSR count). The zero-order valence-electron chi connectivity index (χ0n) is 7.80. The standard InChI is InChI=1S/C9H18N2/c1-5-6-7-8-9(2)10-11(3)4/h5H,1,6-8H2,2-4H3. The van der Waals surface area contributed by atoms with Gasteiger partial charge < -0.3 is 5.01 Å². The van der Waals surface area contributed by atoms with Gasteiger partial charge in [0.2, 0.25) is 0 Å². The van der Waals surface area contributed by atoms with Gasteiger partial charge in [-0.1, -0.05) is 6.08 Å². The van der Waals surface area contributed by atoms with Crippen LogP contribution in [-0.4, -0.2) is 24.8 Å². The number of nitrogens with zero attached hydrogens (tertiary/aromatic N) is 2. The number of rotatable bonds is 5. The topological polar surface area (TPSA) is 15.6 Å². The largest absolute Gasteiger partial charge is 0.303 e. The molecule has 64 valence electrons. The van der Waals surface area contributed by atoms with Crippen LogP contribution in [0.4, 0.5) is 0 Å². The minimum atomic E-state index is 1.07. The van der Waals surface area contributed by atoms with E-state index in [1.807, 2.05) is 25.2 Å². The Hall–Kier alpha value is -0.790. The van der Waals surface area contributed by atoms with Gasteiger partial charge in [-0.25, -0.2) is 0 Å². The Labute approximate surface area is 69.6 Å². The highest BCUT2D eigenvalue weighted by Crippen LogP contribution is 1.98. The summed E-state index contributed by atoms with van der Waals surface area (Å²) in [5.74, 6) is 0. The summed E-state index contributed by atoms with van der Waals surface area (Å²) in [5, 5.41) is 6.10. The molecule has 2 heteroatoms. The molecule has 0 unspecified atom stereocenters. The second-order valence-electron chi connectivity index (χ2n) is 2.86. The van der Waals surface area contributed by atoms with Crippen LogP contribution < -0.4 is 0 Å². The van der Waals surface area contributed by atoms with E-state index in [1.54, 1.807) is 0 Å². The summed E-state index contributed by atoms with van der Waals surface area (Å²) >= 11 is 0. The molecule has 0 aliphatic rings. The van der Waals surface area contributed by atoms with E-state index >= 15 is 0 Å². The highest BCUT2D eigenvalue weighted by molar-refractivity contribution is 5.81. The number of hydrogen-bond acceptors (Lipinski definition) is 2. The van der Waals surface area contributed by atoms with Crippen molar-refractivity contribution in [3.63, 3.8) is 0 Å². The summed E-state index contributed by atoms with van der Waals surface area (Å²) < 4.78 is 0. The van der Waals surface area contributed by atoms with Gasteiger partial charge >= 0.3 is 0 Å². The lowest BCUT2D eigenvalue weighted by atomic mass is 10.2. The first-order valence-electron chi connectivity index (χ1n) is 3.99. The highest BCUT2D eigenvalue weighted by Gasteiger charge is 1.90. The van der Waals surface area contributed by atoms with Gasteiger partial charge in [0.25, 0.3) is 0 Å². The molecule has 0 aliphatic heterocycles. The fourth-order valence-corrected chi connectivity index (χ4v) is 0.894. The zero-order valence-corrected chi connectivity index (χ0v) is 7.80. The molecular weight excluding hydrogens is 136 g/mol. The number of unbranched alkanes of at least 4 members (excludes halogenated alkanes) is 1. The van der Waals surface area contributed by atoms with Crippen molar-refractivity contribution in [3.05, 3.63) is 12.7 Å². The molecule has 0 N–H and O–H groups in total. The summed E-state index contributed by atoms with van der Waals surface area (Å²) in [5.41, 5.74) is 1.19. The molecule has 0 atom stereocenters. The maximum absolute atomic E-state index is 4.26. The maximum atomic E-state index is 4.26. The molecule has 0 aromatic carbocycles. The first-order valence-corrected chi connectivity index (χ1v) is 3.99. The van der Waals surface area contributed by atoms with E-state index in [0.717, 1.165) is 19.3 Å². The van der Waals surface area contributed by atoms with E-state index in [4.69, 9.17) is 0 Å². The molecular formula is C9H18N2. The van der Waals surface area contributed by atoms with Gasteiger partial charge in [0.1, 0.15) is 0 Å². The van der Waals surface area contributed by atoms with Gasteiger partial charge in [0.05, 0.1) is 0 Å². The first kappa shape index (κ1) is 10.2. The minimum Gasteiger partial charge on any atom is -0.303 e. The van der Waals surface area contributed by atoms with Crippen molar-refractivity contribution in [1.29, 1.82) is 0 Å². The van der Waals surface area contributed by atoms with Gasteiger partial charge in [0.15, 0.2) is 0 Å². The average molecular weight is 154 g/mol. The Morgan fingerprint density at radius 2 is 2.18 bits per heavy atom. The molecule has 0 saturated heterocycles. The van der Waals surface area contributed by atoms with Crippen molar-refractivity contribution >= 4 is 5.71 Å². The quantitative estimate of drug-likeness (QED) is 0.257. The summed E-state index contributed by atoms with van der Waals surface area (Å²) in [4.78, 5) is 0. The van der Waals surface area contributed by atoms with Crippen LogP contribution >= 0.6 is 0 Å². The van der Waals surface area contributed by atoms with Crippen molar-refractivity contribution in [3.8, 4) is 0 Å². The molecule has 0 aromatic heterocycles. The second kappa shape index (κ2) is 5.96. The van der Waals surface area contributed by atoms with E-state index < -0.39 is 0 Å². The van der Waals surface area contributed by atoms with Gasteiger partial charge in [0, 0.05) is 19.8 Å². The summed E-state index contributed by atoms with van der Waals surface area (Å²) in [7, 11) is 3.88. The summed E-state index contributed by atoms with van der Waals surface area (Å²) in [6.07, 6.45) is 5.26. The second-order valence-corrected chi connectivity index (χ2v) is 2.86. The van der Waals surface area contributed by atoms with Crippen LogP contribution in [-0.2, 0) is 0 Å². The van der Waals surface area contributed by atoms with E-state index in [-0.39, 0.29) is 0 Å².